The molecule has 1 aliphatic carbocycles. The van der Waals surface area contributed by atoms with Gasteiger partial charge in [-0.2, -0.15) is 0 Å². The highest BCUT2D eigenvalue weighted by atomic mass is 15.1. The van der Waals surface area contributed by atoms with Gasteiger partial charge in [-0.05, 0) is 42.5 Å². The third kappa shape index (κ3) is 3.19. The molecular weight excluding hydrogens is 244 g/mol. The lowest BCUT2D eigenvalue weighted by atomic mass is 9.93. The van der Waals surface area contributed by atoms with E-state index >= 15 is 0 Å². The van der Waals surface area contributed by atoms with E-state index < -0.39 is 0 Å². The Bertz CT molecular complexity index is 551. The van der Waals surface area contributed by atoms with Crippen LogP contribution in [-0.4, -0.2) is 19.8 Å². The van der Waals surface area contributed by atoms with Crippen molar-refractivity contribution in [2.45, 2.75) is 32.6 Å². The molecule has 0 unspecified atom stereocenters. The fourth-order valence-corrected chi connectivity index (χ4v) is 2.48. The molecule has 0 heterocycles. The van der Waals surface area contributed by atoms with E-state index in [9.17, 15) is 0 Å². The number of hydrogen-bond donors (Lipinski definition) is 1. The first-order valence-corrected chi connectivity index (χ1v) is 7.38. The van der Waals surface area contributed by atoms with Crippen molar-refractivity contribution >= 4 is 17.0 Å². The first-order valence-electron chi connectivity index (χ1n) is 7.38. The van der Waals surface area contributed by atoms with Crippen LogP contribution in [0.1, 0.15) is 43.7 Å². The van der Waals surface area contributed by atoms with Crippen LogP contribution < -0.4 is 4.90 Å². The Morgan fingerprint density at radius 1 is 1.30 bits per heavy atom. The van der Waals surface area contributed by atoms with Gasteiger partial charge in [-0.1, -0.05) is 37.6 Å². The Morgan fingerprint density at radius 3 is 2.70 bits per heavy atom. The second kappa shape index (κ2) is 6.56. The molecule has 0 radical (unpaired) electrons. The maximum Gasteiger partial charge on any atom is 0.0393 e. The number of nitrogens with one attached hydrogen (secondary N) is 1. The summed E-state index contributed by atoms with van der Waals surface area (Å²) in [6.07, 6.45) is 10.5. The van der Waals surface area contributed by atoms with Gasteiger partial charge in [0.25, 0.3) is 0 Å². The first-order chi connectivity index (χ1) is 9.63. The summed E-state index contributed by atoms with van der Waals surface area (Å²) in [5.41, 5.74) is 5.57. The molecule has 1 N–H and O–H groups in total. The summed E-state index contributed by atoms with van der Waals surface area (Å²) in [5.74, 6) is 0. The van der Waals surface area contributed by atoms with Gasteiger partial charge in [-0.3, -0.25) is 0 Å². The zero-order valence-corrected chi connectivity index (χ0v) is 12.7. The van der Waals surface area contributed by atoms with Crippen LogP contribution in [0.2, 0.25) is 0 Å². The molecule has 0 aromatic heterocycles. The van der Waals surface area contributed by atoms with Crippen molar-refractivity contribution in [2.24, 2.45) is 0 Å². The number of hydrogen-bond acceptors (Lipinski definition) is 2. The fraction of sp³-hybridized carbons (Fsp3) is 0.389. The van der Waals surface area contributed by atoms with Gasteiger partial charge < -0.3 is 10.3 Å². The molecule has 1 aromatic carbocycles. The van der Waals surface area contributed by atoms with Crippen LogP contribution in [0, 0.1) is 5.41 Å². The molecule has 0 fully saturated rings. The van der Waals surface area contributed by atoms with E-state index in [1.807, 2.05) is 14.1 Å². The maximum absolute atomic E-state index is 8.41. The zero-order chi connectivity index (χ0) is 14.5. The van der Waals surface area contributed by atoms with Gasteiger partial charge in [0.15, 0.2) is 0 Å². The number of nitrogens with zero attached hydrogens (tertiary/aromatic N) is 1. The third-order valence-electron chi connectivity index (χ3n) is 3.74. The summed E-state index contributed by atoms with van der Waals surface area (Å²) < 4.78 is 0. The van der Waals surface area contributed by atoms with Crippen LogP contribution in [-0.2, 0) is 0 Å². The van der Waals surface area contributed by atoms with E-state index in [1.165, 1.54) is 11.1 Å². The lowest BCUT2D eigenvalue weighted by Crippen LogP contribution is -2.11. The summed E-state index contributed by atoms with van der Waals surface area (Å²) in [6, 6.07) is 6.47. The Kier molecular flexibility index (Phi) is 4.78. The van der Waals surface area contributed by atoms with E-state index in [-0.39, 0.29) is 0 Å². The van der Waals surface area contributed by atoms with Gasteiger partial charge in [-0.15, -0.1) is 0 Å². The Balaban J connectivity index is 2.37. The fourth-order valence-electron chi connectivity index (χ4n) is 2.48. The lowest BCUT2D eigenvalue weighted by Gasteiger charge is -2.18. The van der Waals surface area contributed by atoms with E-state index in [4.69, 9.17) is 5.41 Å². The molecule has 0 saturated carbocycles. The summed E-state index contributed by atoms with van der Waals surface area (Å²) in [7, 11) is 4.09. The van der Waals surface area contributed by atoms with Gasteiger partial charge in [0.2, 0.25) is 0 Å². The highest BCUT2D eigenvalue weighted by Crippen LogP contribution is 2.30. The van der Waals surface area contributed by atoms with E-state index in [2.05, 4.69) is 48.3 Å². The number of anilines is 1. The molecule has 106 valence electrons. The lowest BCUT2D eigenvalue weighted by molar-refractivity contribution is 0.832. The molecule has 2 heteroatoms. The van der Waals surface area contributed by atoms with Crippen molar-refractivity contribution in [3.8, 4) is 0 Å². The zero-order valence-electron chi connectivity index (χ0n) is 12.7. The predicted molar refractivity (Wildman–Crippen MR) is 88.9 cm³/mol. The van der Waals surface area contributed by atoms with Gasteiger partial charge in [0, 0.05) is 31.1 Å². The second-order valence-electron chi connectivity index (χ2n) is 5.53. The Labute approximate surface area is 122 Å². The van der Waals surface area contributed by atoms with Crippen LogP contribution in [0.3, 0.4) is 0 Å². The standard InChI is InChI=1S/C18H24N2/c1-4-5-10-18(19)17-13-15(20(2)3)11-12-16(17)14-8-6-7-9-14/h6-8,11-13,19H,4-5,9-10H2,1-3H3. The average Bonchev–Trinajstić information content (AvgIpc) is 2.98. The number of unbranched alkanes of at least 4 members (excludes halogenated alkanes) is 1. The van der Waals surface area contributed by atoms with Crippen molar-refractivity contribution in [1.82, 2.24) is 0 Å². The summed E-state index contributed by atoms with van der Waals surface area (Å²) in [4.78, 5) is 2.10. The number of allylic oxidation sites excluding steroid dienone is 4. The largest absolute Gasteiger partial charge is 0.378 e. The molecule has 2 nitrogen and oxygen atoms in total. The SMILES string of the molecule is CCCCC(=N)c1cc(N(C)C)ccc1C1=CC=CC1. The highest BCUT2D eigenvalue weighted by Gasteiger charge is 2.13. The van der Waals surface area contributed by atoms with Crippen molar-refractivity contribution in [1.29, 1.82) is 5.41 Å². The minimum Gasteiger partial charge on any atom is -0.378 e. The van der Waals surface area contributed by atoms with Gasteiger partial charge in [0.05, 0.1) is 0 Å². The van der Waals surface area contributed by atoms with Gasteiger partial charge in [0.1, 0.15) is 0 Å². The monoisotopic (exact) mass is 268 g/mol. The van der Waals surface area contributed by atoms with Crippen molar-refractivity contribution < 1.29 is 0 Å². The summed E-state index contributed by atoms with van der Waals surface area (Å²) in [5, 5.41) is 8.41. The van der Waals surface area contributed by atoms with Crippen LogP contribution in [0.4, 0.5) is 5.69 Å². The molecule has 0 atom stereocenters. The summed E-state index contributed by atoms with van der Waals surface area (Å²) in [6.45, 7) is 2.17. The molecule has 0 saturated heterocycles. The molecule has 1 aliphatic rings. The minimum atomic E-state index is 0.762. The van der Waals surface area contributed by atoms with E-state index in [0.717, 1.165) is 42.6 Å². The molecular formula is C18H24N2. The maximum atomic E-state index is 8.41. The van der Waals surface area contributed by atoms with E-state index in [0.29, 0.717) is 0 Å². The van der Waals surface area contributed by atoms with Crippen LogP contribution in [0.25, 0.3) is 5.57 Å². The van der Waals surface area contributed by atoms with Gasteiger partial charge in [-0.25, -0.2) is 0 Å². The quantitative estimate of drug-likeness (QED) is 0.747. The second-order valence-corrected chi connectivity index (χ2v) is 5.53. The van der Waals surface area contributed by atoms with Crippen LogP contribution in [0.5, 0.6) is 0 Å². The topological polar surface area (TPSA) is 27.1 Å². The molecule has 2 rings (SSSR count). The Morgan fingerprint density at radius 2 is 2.10 bits per heavy atom. The Hall–Kier alpha value is -1.83. The molecule has 20 heavy (non-hydrogen) atoms. The predicted octanol–water partition coefficient (Wildman–Crippen LogP) is 4.65. The highest BCUT2D eigenvalue weighted by molar-refractivity contribution is 6.03. The third-order valence-corrected chi connectivity index (χ3v) is 3.74. The average molecular weight is 268 g/mol. The van der Waals surface area contributed by atoms with Gasteiger partial charge >= 0.3 is 0 Å². The first kappa shape index (κ1) is 14.6. The number of rotatable bonds is 6. The van der Waals surface area contributed by atoms with E-state index in [1.54, 1.807) is 0 Å². The number of benzene rings is 1. The minimum absolute atomic E-state index is 0.762. The van der Waals surface area contributed by atoms with Crippen LogP contribution in [0.15, 0.2) is 36.4 Å². The van der Waals surface area contributed by atoms with Crippen molar-refractivity contribution in [3.05, 3.63) is 47.6 Å². The smallest absolute Gasteiger partial charge is 0.0393 e. The molecule has 0 spiro atoms. The normalized spacial score (nSPS) is 13.4. The van der Waals surface area contributed by atoms with Crippen molar-refractivity contribution in [3.63, 3.8) is 0 Å². The van der Waals surface area contributed by atoms with Crippen molar-refractivity contribution in [2.75, 3.05) is 19.0 Å². The summed E-state index contributed by atoms with van der Waals surface area (Å²) >= 11 is 0. The molecule has 0 amide bonds. The molecule has 1 aromatic rings. The van der Waals surface area contributed by atoms with Crippen LogP contribution >= 0.6 is 0 Å². The molecule has 0 bridgehead atoms. The molecule has 0 aliphatic heterocycles.